The molecular weight excluding hydrogens is 448 g/mol. The van der Waals surface area contributed by atoms with Gasteiger partial charge in [0.15, 0.2) is 0 Å². The van der Waals surface area contributed by atoms with E-state index in [4.69, 9.17) is 9.47 Å². The molecule has 4 nitrogen and oxygen atoms in total. The Kier molecular flexibility index (Phi) is 10.8. The average Bonchev–Trinajstić information content (AvgIpc) is 2.85. The van der Waals surface area contributed by atoms with Gasteiger partial charge in [-0.1, -0.05) is 101 Å². The second kappa shape index (κ2) is 14.0. The van der Waals surface area contributed by atoms with Crippen molar-refractivity contribution < 1.29 is 19.1 Å². The maximum Gasteiger partial charge on any atom is 0.311 e. The number of hydrogen-bond donors (Lipinski definition) is 0. The minimum Gasteiger partial charge on any atom is -0.425 e. The van der Waals surface area contributed by atoms with Gasteiger partial charge in [-0.15, -0.1) is 0 Å². The SMILES string of the molecule is CCCCCCCC(=O)Oc1c2ccc(C)cc2c(OC(=O)CCCCCCC)c2cc(C)ccc12. The largest absolute Gasteiger partial charge is 0.425 e. The lowest BCUT2D eigenvalue weighted by atomic mass is 9.97. The molecule has 0 saturated carbocycles. The van der Waals surface area contributed by atoms with Crippen LogP contribution >= 0.6 is 0 Å². The molecule has 4 heteroatoms. The Hall–Kier alpha value is -2.88. The van der Waals surface area contributed by atoms with Gasteiger partial charge in [0.25, 0.3) is 0 Å². The Morgan fingerprint density at radius 3 is 1.36 bits per heavy atom. The topological polar surface area (TPSA) is 52.6 Å². The maximum absolute atomic E-state index is 12.9. The van der Waals surface area contributed by atoms with Crippen LogP contribution < -0.4 is 9.47 Å². The summed E-state index contributed by atoms with van der Waals surface area (Å²) in [5.41, 5.74) is 2.11. The third kappa shape index (κ3) is 7.56. The molecule has 0 unspecified atom stereocenters. The first-order chi connectivity index (χ1) is 17.4. The zero-order valence-corrected chi connectivity index (χ0v) is 22.6. The Morgan fingerprint density at radius 2 is 0.944 bits per heavy atom. The zero-order valence-electron chi connectivity index (χ0n) is 22.6. The number of ether oxygens (including phenoxy) is 2. The Morgan fingerprint density at radius 1 is 0.556 bits per heavy atom. The average molecular weight is 491 g/mol. The minimum absolute atomic E-state index is 0.214. The van der Waals surface area contributed by atoms with E-state index in [-0.39, 0.29) is 11.9 Å². The molecule has 3 aromatic carbocycles. The van der Waals surface area contributed by atoms with Crippen LogP contribution in [0.15, 0.2) is 36.4 Å². The van der Waals surface area contributed by atoms with Gasteiger partial charge in [-0.3, -0.25) is 9.59 Å². The summed E-state index contributed by atoms with van der Waals surface area (Å²) in [4.78, 5) is 25.7. The van der Waals surface area contributed by atoms with Gasteiger partial charge >= 0.3 is 11.9 Å². The third-order valence-corrected chi connectivity index (χ3v) is 6.73. The van der Waals surface area contributed by atoms with Gasteiger partial charge in [0, 0.05) is 34.4 Å². The molecule has 0 aliphatic carbocycles. The van der Waals surface area contributed by atoms with Crippen molar-refractivity contribution >= 4 is 33.5 Å². The molecule has 0 aliphatic heterocycles. The highest BCUT2D eigenvalue weighted by atomic mass is 16.5. The van der Waals surface area contributed by atoms with Crippen molar-refractivity contribution in [2.24, 2.45) is 0 Å². The van der Waals surface area contributed by atoms with Gasteiger partial charge in [0.05, 0.1) is 0 Å². The van der Waals surface area contributed by atoms with E-state index in [1.807, 2.05) is 50.2 Å². The normalized spacial score (nSPS) is 11.2. The van der Waals surface area contributed by atoms with Crippen molar-refractivity contribution in [2.75, 3.05) is 0 Å². The van der Waals surface area contributed by atoms with Crippen molar-refractivity contribution in [3.05, 3.63) is 47.5 Å². The van der Waals surface area contributed by atoms with Gasteiger partial charge in [0.2, 0.25) is 0 Å². The van der Waals surface area contributed by atoms with Gasteiger partial charge in [-0.05, 0) is 38.8 Å². The summed E-state index contributed by atoms with van der Waals surface area (Å²) >= 11 is 0. The smallest absolute Gasteiger partial charge is 0.311 e. The van der Waals surface area contributed by atoms with E-state index in [0.29, 0.717) is 24.3 Å². The minimum atomic E-state index is -0.216. The highest BCUT2D eigenvalue weighted by Crippen LogP contribution is 2.44. The molecule has 3 rings (SSSR count). The lowest BCUT2D eigenvalue weighted by Crippen LogP contribution is -2.11. The molecular formula is C32H42O4. The van der Waals surface area contributed by atoms with Crippen molar-refractivity contribution in [3.8, 4) is 11.5 Å². The number of esters is 2. The van der Waals surface area contributed by atoms with Crippen LogP contribution in [-0.4, -0.2) is 11.9 Å². The second-order valence-electron chi connectivity index (χ2n) is 10.0. The summed E-state index contributed by atoms with van der Waals surface area (Å²) in [6, 6.07) is 12.0. The predicted molar refractivity (Wildman–Crippen MR) is 149 cm³/mol. The predicted octanol–water partition coefficient (Wildman–Crippen LogP) is 9.14. The fourth-order valence-electron chi connectivity index (χ4n) is 4.67. The van der Waals surface area contributed by atoms with E-state index in [1.165, 1.54) is 25.7 Å². The van der Waals surface area contributed by atoms with Crippen LogP contribution in [0.1, 0.15) is 102 Å². The summed E-state index contributed by atoms with van der Waals surface area (Å²) in [5.74, 6) is 0.684. The number of benzene rings is 3. The van der Waals surface area contributed by atoms with Crippen LogP contribution in [0.2, 0.25) is 0 Å². The molecule has 0 aromatic heterocycles. The number of carbonyl (C=O) groups is 2. The van der Waals surface area contributed by atoms with Crippen LogP contribution in [0, 0.1) is 13.8 Å². The summed E-state index contributed by atoms with van der Waals surface area (Å²) in [5, 5.41) is 3.19. The summed E-state index contributed by atoms with van der Waals surface area (Å²) in [6.45, 7) is 8.40. The molecule has 0 saturated heterocycles. The van der Waals surface area contributed by atoms with Crippen LogP contribution in [-0.2, 0) is 9.59 Å². The fraction of sp³-hybridized carbons (Fsp3) is 0.500. The maximum atomic E-state index is 12.9. The lowest BCUT2D eigenvalue weighted by molar-refractivity contribution is -0.135. The van der Waals surface area contributed by atoms with Gasteiger partial charge in [-0.2, -0.15) is 0 Å². The fourth-order valence-corrected chi connectivity index (χ4v) is 4.67. The Balaban J connectivity index is 1.93. The molecule has 0 bridgehead atoms. The molecule has 0 amide bonds. The molecule has 0 atom stereocenters. The first-order valence-corrected chi connectivity index (χ1v) is 13.8. The van der Waals surface area contributed by atoms with Gasteiger partial charge in [-0.25, -0.2) is 0 Å². The lowest BCUT2D eigenvalue weighted by Gasteiger charge is -2.17. The van der Waals surface area contributed by atoms with Gasteiger partial charge < -0.3 is 9.47 Å². The second-order valence-corrected chi connectivity index (χ2v) is 10.0. The van der Waals surface area contributed by atoms with Crippen LogP contribution in [0.25, 0.3) is 21.5 Å². The molecule has 0 heterocycles. The number of carbonyl (C=O) groups excluding carboxylic acids is 2. The van der Waals surface area contributed by atoms with E-state index in [9.17, 15) is 9.59 Å². The number of fused-ring (bicyclic) bond motifs is 2. The summed E-state index contributed by atoms with van der Waals surface area (Å²) < 4.78 is 12.1. The monoisotopic (exact) mass is 490 g/mol. The molecule has 0 fully saturated rings. The molecule has 36 heavy (non-hydrogen) atoms. The van der Waals surface area contributed by atoms with Crippen molar-refractivity contribution in [2.45, 2.75) is 105 Å². The van der Waals surface area contributed by atoms with E-state index < -0.39 is 0 Å². The van der Waals surface area contributed by atoms with Gasteiger partial charge in [0.1, 0.15) is 11.5 Å². The molecule has 3 aromatic rings. The number of hydrogen-bond acceptors (Lipinski definition) is 4. The molecule has 0 spiro atoms. The molecule has 0 aliphatic rings. The Bertz CT molecular complexity index is 1110. The number of unbranched alkanes of at least 4 members (excludes halogenated alkanes) is 8. The van der Waals surface area contributed by atoms with E-state index in [2.05, 4.69) is 13.8 Å². The van der Waals surface area contributed by atoms with Crippen LogP contribution in [0.4, 0.5) is 0 Å². The first kappa shape index (κ1) is 27.7. The zero-order chi connectivity index (χ0) is 25.9. The highest BCUT2D eigenvalue weighted by molar-refractivity contribution is 6.13. The molecule has 0 radical (unpaired) electrons. The summed E-state index contributed by atoms with van der Waals surface area (Å²) in [6.07, 6.45) is 11.6. The first-order valence-electron chi connectivity index (χ1n) is 13.8. The van der Waals surface area contributed by atoms with Crippen molar-refractivity contribution in [1.82, 2.24) is 0 Å². The Labute approximate surface area is 216 Å². The highest BCUT2D eigenvalue weighted by Gasteiger charge is 2.20. The van der Waals surface area contributed by atoms with Crippen molar-refractivity contribution in [3.63, 3.8) is 0 Å². The standard InChI is InChI=1S/C32H42O4/c1-5-7-9-11-13-15-29(33)35-31-25-19-17-23(3)21-27(25)32(28-22-24(4)18-20-26(28)31)36-30(34)16-14-12-10-8-6-2/h17-22H,5-16H2,1-4H3. The number of aryl methyl sites for hydroxylation is 2. The van der Waals surface area contributed by atoms with Crippen LogP contribution in [0.5, 0.6) is 11.5 Å². The molecule has 0 N–H and O–H groups in total. The summed E-state index contributed by atoms with van der Waals surface area (Å²) in [7, 11) is 0. The van der Waals surface area contributed by atoms with E-state index in [1.54, 1.807) is 0 Å². The van der Waals surface area contributed by atoms with Crippen LogP contribution in [0.3, 0.4) is 0 Å². The van der Waals surface area contributed by atoms with Crippen molar-refractivity contribution in [1.29, 1.82) is 0 Å². The third-order valence-electron chi connectivity index (χ3n) is 6.73. The number of rotatable bonds is 14. The molecule has 194 valence electrons. The quantitative estimate of drug-likeness (QED) is 0.0978. The van der Waals surface area contributed by atoms with E-state index in [0.717, 1.165) is 71.2 Å². The van der Waals surface area contributed by atoms with E-state index >= 15 is 0 Å².